The smallest absolute Gasteiger partial charge is 0.117 e. The molecule has 0 atom stereocenters. The minimum absolute atomic E-state index is 0.248. The van der Waals surface area contributed by atoms with Gasteiger partial charge < -0.3 is 10.8 Å². The van der Waals surface area contributed by atoms with Gasteiger partial charge in [-0.15, -0.1) is 0 Å². The molecule has 3 rings (SSSR count). The molecule has 0 amide bonds. The summed E-state index contributed by atoms with van der Waals surface area (Å²) in [6.45, 7) is 0. The second-order valence-corrected chi connectivity index (χ2v) is 4.71. The van der Waals surface area contributed by atoms with Crippen LogP contribution in [0.15, 0.2) is 18.2 Å². The van der Waals surface area contributed by atoms with E-state index in [1.807, 2.05) is 6.07 Å². The number of anilines is 1. The van der Waals surface area contributed by atoms with Crippen LogP contribution in [0.25, 0.3) is 10.9 Å². The van der Waals surface area contributed by atoms with Gasteiger partial charge in [-0.1, -0.05) is 6.42 Å². The Morgan fingerprint density at radius 2 is 1.94 bits per heavy atom. The maximum Gasteiger partial charge on any atom is 0.117 e. The van der Waals surface area contributed by atoms with Gasteiger partial charge in [0.2, 0.25) is 0 Å². The predicted octanol–water partition coefficient (Wildman–Crippen LogP) is 2.79. The molecule has 1 aliphatic rings. The number of hydrogen-bond donors (Lipinski definition) is 2. The third-order valence-electron chi connectivity index (χ3n) is 3.54. The fourth-order valence-electron chi connectivity index (χ4n) is 2.63. The molecule has 0 unspecified atom stereocenters. The van der Waals surface area contributed by atoms with E-state index in [0.717, 1.165) is 35.1 Å². The maximum atomic E-state index is 9.50. The van der Waals surface area contributed by atoms with Crippen molar-refractivity contribution in [1.82, 2.24) is 4.98 Å². The molecule has 3 N–H and O–H groups in total. The molecule has 0 fully saturated rings. The molecule has 3 heteroatoms. The summed E-state index contributed by atoms with van der Waals surface area (Å²) in [5, 5.41) is 10.5. The summed E-state index contributed by atoms with van der Waals surface area (Å²) in [6, 6.07) is 5.22. The van der Waals surface area contributed by atoms with E-state index in [9.17, 15) is 5.11 Å². The number of hydrogen-bond acceptors (Lipinski definition) is 3. The van der Waals surface area contributed by atoms with E-state index in [0.29, 0.717) is 0 Å². The first-order chi connectivity index (χ1) is 8.25. The molecule has 1 aliphatic carbocycles. The van der Waals surface area contributed by atoms with Crippen LogP contribution >= 0.6 is 0 Å². The van der Waals surface area contributed by atoms with E-state index in [2.05, 4.69) is 4.98 Å². The van der Waals surface area contributed by atoms with Crippen molar-refractivity contribution in [2.75, 3.05) is 5.73 Å². The number of phenolic OH excluding ortho intramolecular Hbond substituents is 1. The van der Waals surface area contributed by atoms with E-state index < -0.39 is 0 Å². The molecule has 0 radical (unpaired) electrons. The Kier molecular flexibility index (Phi) is 2.39. The summed E-state index contributed by atoms with van der Waals surface area (Å²) in [4.78, 5) is 4.66. The molecule has 1 heterocycles. The summed E-state index contributed by atoms with van der Waals surface area (Å²) in [5.74, 6) is 0.248. The van der Waals surface area contributed by atoms with Crippen molar-refractivity contribution in [3.05, 3.63) is 29.5 Å². The van der Waals surface area contributed by atoms with Gasteiger partial charge in [-0.3, -0.25) is 4.98 Å². The average Bonchev–Trinajstić information content (AvgIpc) is 2.54. The second-order valence-electron chi connectivity index (χ2n) is 4.71. The Morgan fingerprint density at radius 1 is 1.12 bits per heavy atom. The summed E-state index contributed by atoms with van der Waals surface area (Å²) in [6.07, 6.45) is 5.67. The maximum absolute atomic E-state index is 9.50. The highest BCUT2D eigenvalue weighted by Gasteiger charge is 2.15. The van der Waals surface area contributed by atoms with E-state index in [1.165, 1.54) is 24.8 Å². The number of rotatable bonds is 0. The Labute approximate surface area is 100 Å². The van der Waals surface area contributed by atoms with E-state index in [4.69, 9.17) is 5.73 Å². The third kappa shape index (κ3) is 1.71. The molecule has 17 heavy (non-hydrogen) atoms. The molecule has 0 saturated heterocycles. The zero-order valence-electron chi connectivity index (χ0n) is 9.74. The molecule has 0 aliphatic heterocycles. The van der Waals surface area contributed by atoms with Crippen LogP contribution in [0, 0.1) is 0 Å². The van der Waals surface area contributed by atoms with Crippen molar-refractivity contribution in [2.45, 2.75) is 32.1 Å². The fourth-order valence-corrected chi connectivity index (χ4v) is 2.63. The first-order valence-electron chi connectivity index (χ1n) is 6.15. The minimum Gasteiger partial charge on any atom is -0.508 e. The van der Waals surface area contributed by atoms with Crippen molar-refractivity contribution in [2.24, 2.45) is 0 Å². The number of benzene rings is 1. The van der Waals surface area contributed by atoms with Crippen molar-refractivity contribution >= 4 is 16.6 Å². The van der Waals surface area contributed by atoms with Gasteiger partial charge in [0, 0.05) is 22.8 Å². The van der Waals surface area contributed by atoms with Crippen LogP contribution in [-0.2, 0) is 12.8 Å². The zero-order chi connectivity index (χ0) is 11.8. The van der Waals surface area contributed by atoms with Crippen LogP contribution < -0.4 is 5.73 Å². The fraction of sp³-hybridized carbons (Fsp3) is 0.357. The lowest BCUT2D eigenvalue weighted by molar-refractivity contribution is 0.476. The number of nitrogens with two attached hydrogens (primary N) is 1. The van der Waals surface area contributed by atoms with Gasteiger partial charge in [-0.25, -0.2) is 0 Å². The SMILES string of the molecule is Nc1c2c(nc3cc(O)ccc13)CCCCC2. The van der Waals surface area contributed by atoms with Crippen LogP contribution in [0.1, 0.15) is 30.5 Å². The summed E-state index contributed by atoms with van der Waals surface area (Å²) < 4.78 is 0. The second kappa shape index (κ2) is 3.91. The molecule has 1 aromatic carbocycles. The molecule has 0 saturated carbocycles. The molecule has 0 bridgehead atoms. The Hall–Kier alpha value is -1.77. The molecule has 3 nitrogen and oxygen atoms in total. The Bertz CT molecular complexity index is 578. The van der Waals surface area contributed by atoms with Crippen molar-refractivity contribution in [3.8, 4) is 5.75 Å². The topological polar surface area (TPSA) is 59.1 Å². The summed E-state index contributed by atoms with van der Waals surface area (Å²) in [5.41, 5.74) is 10.2. The third-order valence-corrected chi connectivity index (χ3v) is 3.54. The zero-order valence-corrected chi connectivity index (χ0v) is 9.74. The largest absolute Gasteiger partial charge is 0.508 e. The summed E-state index contributed by atoms with van der Waals surface area (Å²) in [7, 11) is 0. The highest BCUT2D eigenvalue weighted by atomic mass is 16.3. The number of fused-ring (bicyclic) bond motifs is 2. The molecule has 1 aromatic heterocycles. The van der Waals surface area contributed by atoms with Crippen LogP contribution in [0.4, 0.5) is 5.69 Å². The van der Waals surface area contributed by atoms with Gasteiger partial charge >= 0.3 is 0 Å². The number of nitrogens with zero attached hydrogens (tertiary/aromatic N) is 1. The number of aryl methyl sites for hydroxylation is 1. The Balaban J connectivity index is 2.29. The standard InChI is InChI=1S/C14H16N2O/c15-14-10-4-2-1-3-5-12(10)16-13-8-9(17)6-7-11(13)14/h6-8,17H,1-5H2,(H2,15,16). The lowest BCUT2D eigenvalue weighted by Gasteiger charge is -2.12. The van der Waals surface area contributed by atoms with Crippen LogP contribution in [0.2, 0.25) is 0 Å². The first kappa shape index (κ1) is 10.4. The van der Waals surface area contributed by atoms with Gasteiger partial charge in [0.1, 0.15) is 5.75 Å². The van der Waals surface area contributed by atoms with Crippen molar-refractivity contribution in [1.29, 1.82) is 0 Å². The average molecular weight is 228 g/mol. The number of nitrogen functional groups attached to an aromatic ring is 1. The highest BCUT2D eigenvalue weighted by molar-refractivity contribution is 5.93. The molecule has 0 spiro atoms. The lowest BCUT2D eigenvalue weighted by Crippen LogP contribution is -2.02. The lowest BCUT2D eigenvalue weighted by atomic mass is 10.0. The molecular formula is C14H16N2O. The van der Waals surface area contributed by atoms with Gasteiger partial charge in [0.05, 0.1) is 5.52 Å². The van der Waals surface area contributed by atoms with Crippen LogP contribution in [-0.4, -0.2) is 10.1 Å². The van der Waals surface area contributed by atoms with Gasteiger partial charge in [-0.2, -0.15) is 0 Å². The highest BCUT2D eigenvalue weighted by Crippen LogP contribution is 2.31. The van der Waals surface area contributed by atoms with Crippen LogP contribution in [0.5, 0.6) is 5.75 Å². The minimum atomic E-state index is 0.248. The van der Waals surface area contributed by atoms with E-state index >= 15 is 0 Å². The molecular weight excluding hydrogens is 212 g/mol. The molecule has 2 aromatic rings. The Morgan fingerprint density at radius 3 is 2.82 bits per heavy atom. The normalized spacial score (nSPS) is 15.5. The first-order valence-corrected chi connectivity index (χ1v) is 6.15. The van der Waals surface area contributed by atoms with Crippen molar-refractivity contribution in [3.63, 3.8) is 0 Å². The van der Waals surface area contributed by atoms with Crippen molar-refractivity contribution < 1.29 is 5.11 Å². The monoisotopic (exact) mass is 228 g/mol. The van der Waals surface area contributed by atoms with E-state index in [-0.39, 0.29) is 5.75 Å². The predicted molar refractivity (Wildman–Crippen MR) is 69.1 cm³/mol. The van der Waals surface area contributed by atoms with E-state index in [1.54, 1.807) is 12.1 Å². The number of aromatic nitrogens is 1. The number of phenols is 1. The summed E-state index contributed by atoms with van der Waals surface area (Å²) >= 11 is 0. The number of aromatic hydroxyl groups is 1. The van der Waals surface area contributed by atoms with Crippen LogP contribution in [0.3, 0.4) is 0 Å². The van der Waals surface area contributed by atoms with Gasteiger partial charge in [0.25, 0.3) is 0 Å². The van der Waals surface area contributed by atoms with Gasteiger partial charge in [0.15, 0.2) is 0 Å². The number of pyridine rings is 1. The van der Waals surface area contributed by atoms with Gasteiger partial charge in [-0.05, 0) is 43.4 Å². The quantitative estimate of drug-likeness (QED) is 0.682. The molecule has 88 valence electrons.